The molecule has 3 rings (SSSR count). The molecule has 3 heterocycles. The van der Waals surface area contributed by atoms with Crippen molar-refractivity contribution in [3.05, 3.63) is 17.5 Å². The standard InChI is InChI=1S/C17H28N4O/c1-12(2)14-10-15(20-19-14)17(22)18-11-13-6-5-9-21-8-4-3-7-16(13)21/h10,12-13,16H,3-9,11H2,1-2H3,(H,18,22)(H,19,20)/t13-,16+/m1/s1. The van der Waals surface area contributed by atoms with Gasteiger partial charge in [-0.15, -0.1) is 0 Å². The number of aromatic nitrogens is 2. The third-order valence-corrected chi connectivity index (χ3v) is 5.21. The van der Waals surface area contributed by atoms with Crippen LogP contribution < -0.4 is 5.32 Å². The molecule has 0 unspecified atom stereocenters. The Bertz CT molecular complexity index is 509. The quantitative estimate of drug-likeness (QED) is 0.898. The number of amides is 1. The van der Waals surface area contributed by atoms with Crippen LogP contribution in [0.3, 0.4) is 0 Å². The predicted octanol–water partition coefficient (Wildman–Crippen LogP) is 2.53. The fraction of sp³-hybridized carbons (Fsp3) is 0.765. The highest BCUT2D eigenvalue weighted by Crippen LogP contribution is 2.30. The maximum absolute atomic E-state index is 12.3. The molecule has 2 fully saturated rings. The summed E-state index contributed by atoms with van der Waals surface area (Å²) in [5.74, 6) is 0.917. The van der Waals surface area contributed by atoms with Crippen LogP contribution in [0.15, 0.2) is 6.07 Å². The summed E-state index contributed by atoms with van der Waals surface area (Å²) >= 11 is 0. The second-order valence-electron chi connectivity index (χ2n) is 7.07. The molecule has 1 aromatic rings. The molecule has 2 aliphatic rings. The Morgan fingerprint density at radius 2 is 2.18 bits per heavy atom. The molecule has 2 aliphatic heterocycles. The van der Waals surface area contributed by atoms with Gasteiger partial charge in [-0.1, -0.05) is 20.3 Å². The van der Waals surface area contributed by atoms with E-state index in [9.17, 15) is 4.79 Å². The third-order valence-electron chi connectivity index (χ3n) is 5.21. The van der Waals surface area contributed by atoms with E-state index in [2.05, 4.69) is 34.3 Å². The van der Waals surface area contributed by atoms with Gasteiger partial charge in [0, 0.05) is 18.3 Å². The molecule has 1 aromatic heterocycles. The molecule has 2 saturated heterocycles. The second kappa shape index (κ2) is 6.82. The van der Waals surface area contributed by atoms with Crippen molar-refractivity contribution >= 4 is 5.91 Å². The van der Waals surface area contributed by atoms with Crippen molar-refractivity contribution in [3.8, 4) is 0 Å². The summed E-state index contributed by atoms with van der Waals surface area (Å²) in [4.78, 5) is 14.9. The Hall–Kier alpha value is -1.36. The fourth-order valence-corrected chi connectivity index (χ4v) is 3.88. The number of nitrogens with one attached hydrogen (secondary N) is 2. The van der Waals surface area contributed by atoms with E-state index >= 15 is 0 Å². The Labute approximate surface area is 132 Å². The molecular formula is C17H28N4O. The van der Waals surface area contributed by atoms with Gasteiger partial charge in [0.15, 0.2) is 0 Å². The molecule has 1 amide bonds. The number of piperidine rings is 2. The SMILES string of the molecule is CC(C)c1cc(C(=O)NC[C@H]2CCCN3CCCC[C@@H]23)n[nH]1. The van der Waals surface area contributed by atoms with Crippen molar-refractivity contribution in [1.82, 2.24) is 20.4 Å². The van der Waals surface area contributed by atoms with Crippen LogP contribution in [0.5, 0.6) is 0 Å². The predicted molar refractivity (Wildman–Crippen MR) is 86.9 cm³/mol. The zero-order valence-corrected chi connectivity index (χ0v) is 13.8. The van der Waals surface area contributed by atoms with Gasteiger partial charge in [-0.3, -0.25) is 9.89 Å². The average molecular weight is 304 g/mol. The molecule has 0 aliphatic carbocycles. The minimum Gasteiger partial charge on any atom is -0.350 e. The summed E-state index contributed by atoms with van der Waals surface area (Å²) in [6, 6.07) is 2.54. The van der Waals surface area contributed by atoms with Crippen LogP contribution in [-0.4, -0.2) is 46.7 Å². The number of rotatable bonds is 4. The highest BCUT2D eigenvalue weighted by molar-refractivity contribution is 5.92. The second-order valence-corrected chi connectivity index (χ2v) is 7.07. The molecule has 22 heavy (non-hydrogen) atoms. The summed E-state index contributed by atoms with van der Waals surface area (Å²) in [5, 5.41) is 10.2. The summed E-state index contributed by atoms with van der Waals surface area (Å²) in [5.41, 5.74) is 1.53. The molecule has 2 N–H and O–H groups in total. The molecule has 122 valence electrons. The summed E-state index contributed by atoms with van der Waals surface area (Å²) < 4.78 is 0. The van der Waals surface area contributed by atoms with Gasteiger partial charge in [0.05, 0.1) is 0 Å². The van der Waals surface area contributed by atoms with E-state index in [-0.39, 0.29) is 5.91 Å². The molecule has 0 spiro atoms. The van der Waals surface area contributed by atoms with Crippen molar-refractivity contribution in [2.24, 2.45) is 5.92 Å². The number of aromatic amines is 1. The number of carbonyl (C=O) groups is 1. The lowest BCUT2D eigenvalue weighted by Gasteiger charge is -2.44. The number of fused-ring (bicyclic) bond motifs is 1. The van der Waals surface area contributed by atoms with Gasteiger partial charge in [-0.05, 0) is 56.7 Å². The fourth-order valence-electron chi connectivity index (χ4n) is 3.88. The van der Waals surface area contributed by atoms with Crippen LogP contribution in [0.25, 0.3) is 0 Å². The molecule has 0 radical (unpaired) electrons. The summed E-state index contributed by atoms with van der Waals surface area (Å²) in [6.45, 7) is 7.45. The largest absolute Gasteiger partial charge is 0.350 e. The highest BCUT2D eigenvalue weighted by atomic mass is 16.1. The van der Waals surface area contributed by atoms with Gasteiger partial charge in [0.1, 0.15) is 5.69 Å². The Kier molecular flexibility index (Phi) is 4.81. The number of carbonyl (C=O) groups excluding carboxylic acids is 1. The lowest BCUT2D eigenvalue weighted by atomic mass is 9.83. The lowest BCUT2D eigenvalue weighted by Crippen LogP contribution is -2.51. The van der Waals surface area contributed by atoms with Gasteiger partial charge in [-0.25, -0.2) is 0 Å². The molecule has 5 nitrogen and oxygen atoms in total. The lowest BCUT2D eigenvalue weighted by molar-refractivity contribution is 0.0575. The third kappa shape index (κ3) is 3.35. The van der Waals surface area contributed by atoms with Crippen molar-refractivity contribution in [2.45, 2.75) is 57.9 Å². The molecular weight excluding hydrogens is 276 g/mol. The smallest absolute Gasteiger partial charge is 0.271 e. The van der Waals surface area contributed by atoms with Gasteiger partial charge < -0.3 is 10.2 Å². The van der Waals surface area contributed by atoms with Crippen molar-refractivity contribution in [1.29, 1.82) is 0 Å². The zero-order chi connectivity index (χ0) is 15.5. The van der Waals surface area contributed by atoms with E-state index in [4.69, 9.17) is 0 Å². The van der Waals surface area contributed by atoms with Crippen LogP contribution in [0, 0.1) is 5.92 Å². The van der Waals surface area contributed by atoms with Crippen LogP contribution in [-0.2, 0) is 0 Å². The molecule has 2 atom stereocenters. The number of hydrogen-bond acceptors (Lipinski definition) is 3. The first-order chi connectivity index (χ1) is 10.6. The van der Waals surface area contributed by atoms with Gasteiger partial charge in [-0.2, -0.15) is 5.10 Å². The topological polar surface area (TPSA) is 61.0 Å². The minimum atomic E-state index is -0.0453. The first kappa shape index (κ1) is 15.5. The molecule has 5 heteroatoms. The number of nitrogens with zero attached hydrogens (tertiary/aromatic N) is 2. The zero-order valence-electron chi connectivity index (χ0n) is 13.8. The number of hydrogen-bond donors (Lipinski definition) is 2. The normalized spacial score (nSPS) is 26.0. The average Bonchev–Trinajstić information content (AvgIpc) is 3.03. The van der Waals surface area contributed by atoms with E-state index in [0.29, 0.717) is 23.6 Å². The molecule has 0 aromatic carbocycles. The Morgan fingerprint density at radius 1 is 1.36 bits per heavy atom. The summed E-state index contributed by atoms with van der Waals surface area (Å²) in [7, 11) is 0. The minimum absolute atomic E-state index is 0.0453. The Balaban J connectivity index is 1.55. The molecule has 0 bridgehead atoms. The van der Waals surface area contributed by atoms with Gasteiger partial charge >= 0.3 is 0 Å². The monoisotopic (exact) mass is 304 g/mol. The van der Waals surface area contributed by atoms with Crippen LogP contribution in [0.2, 0.25) is 0 Å². The highest BCUT2D eigenvalue weighted by Gasteiger charge is 2.33. The van der Waals surface area contributed by atoms with Crippen LogP contribution >= 0.6 is 0 Å². The van der Waals surface area contributed by atoms with Crippen molar-refractivity contribution in [2.75, 3.05) is 19.6 Å². The van der Waals surface area contributed by atoms with Gasteiger partial charge in [0.2, 0.25) is 0 Å². The Morgan fingerprint density at radius 3 is 2.95 bits per heavy atom. The van der Waals surface area contributed by atoms with Crippen LogP contribution in [0.4, 0.5) is 0 Å². The van der Waals surface area contributed by atoms with E-state index in [0.717, 1.165) is 12.2 Å². The number of H-pyrrole nitrogens is 1. The van der Waals surface area contributed by atoms with E-state index in [1.165, 1.54) is 45.2 Å². The van der Waals surface area contributed by atoms with E-state index < -0.39 is 0 Å². The maximum Gasteiger partial charge on any atom is 0.271 e. The summed E-state index contributed by atoms with van der Waals surface area (Å²) in [6.07, 6.45) is 6.46. The van der Waals surface area contributed by atoms with E-state index in [1.54, 1.807) is 0 Å². The maximum atomic E-state index is 12.3. The van der Waals surface area contributed by atoms with Crippen molar-refractivity contribution in [3.63, 3.8) is 0 Å². The van der Waals surface area contributed by atoms with Crippen molar-refractivity contribution < 1.29 is 4.79 Å². The van der Waals surface area contributed by atoms with Gasteiger partial charge in [0.25, 0.3) is 5.91 Å². The van der Waals surface area contributed by atoms with Crippen LogP contribution in [0.1, 0.15) is 68.1 Å². The first-order valence-electron chi connectivity index (χ1n) is 8.72. The first-order valence-corrected chi connectivity index (χ1v) is 8.72. The molecule has 0 saturated carbocycles. The van der Waals surface area contributed by atoms with E-state index in [1.807, 2.05) is 6.07 Å².